The summed E-state index contributed by atoms with van der Waals surface area (Å²) in [7, 11) is 0. The van der Waals surface area contributed by atoms with E-state index < -0.39 is 5.97 Å². The Morgan fingerprint density at radius 3 is 2.23 bits per heavy atom. The van der Waals surface area contributed by atoms with Crippen molar-refractivity contribution in [3.05, 3.63) is 118 Å². The molecule has 30 heavy (non-hydrogen) atoms. The van der Waals surface area contributed by atoms with Crippen molar-refractivity contribution >= 4 is 22.8 Å². The molecule has 3 aromatic carbocycles. The Morgan fingerprint density at radius 2 is 1.50 bits per heavy atom. The molecule has 0 saturated carbocycles. The summed E-state index contributed by atoms with van der Waals surface area (Å²) in [4.78, 5) is 25.6. The van der Waals surface area contributed by atoms with E-state index in [1.165, 1.54) is 4.68 Å². The molecule has 0 fully saturated rings. The Balaban J connectivity index is 1.60. The third-order valence-corrected chi connectivity index (χ3v) is 4.66. The molecular weight excluding hydrogens is 376 g/mol. The summed E-state index contributed by atoms with van der Waals surface area (Å²) >= 11 is 0. The van der Waals surface area contributed by atoms with Crippen LogP contribution in [0.5, 0.6) is 0 Å². The van der Waals surface area contributed by atoms with Gasteiger partial charge in [0.2, 0.25) is 0 Å². The summed E-state index contributed by atoms with van der Waals surface area (Å²) in [6, 6.07) is 26.3. The first-order chi connectivity index (χ1) is 14.7. The van der Waals surface area contributed by atoms with Gasteiger partial charge in [-0.2, -0.15) is 5.10 Å². The molecular formula is C25H20N2O3. The lowest BCUT2D eigenvalue weighted by Crippen LogP contribution is -2.27. The van der Waals surface area contributed by atoms with Gasteiger partial charge in [-0.3, -0.25) is 4.79 Å². The van der Waals surface area contributed by atoms with E-state index in [9.17, 15) is 9.59 Å². The molecule has 0 aliphatic carbocycles. The van der Waals surface area contributed by atoms with Crippen LogP contribution >= 0.6 is 0 Å². The highest BCUT2D eigenvalue weighted by Crippen LogP contribution is 2.15. The van der Waals surface area contributed by atoms with Crippen LogP contribution in [0.1, 0.15) is 21.6 Å². The van der Waals surface area contributed by atoms with Crippen molar-refractivity contribution in [3.8, 4) is 0 Å². The molecule has 0 radical (unpaired) electrons. The Labute approximate surface area is 173 Å². The van der Waals surface area contributed by atoms with Gasteiger partial charge in [0, 0.05) is 5.39 Å². The second-order valence-corrected chi connectivity index (χ2v) is 6.75. The molecule has 4 aromatic rings. The van der Waals surface area contributed by atoms with Crippen LogP contribution in [0.4, 0.5) is 0 Å². The van der Waals surface area contributed by atoms with E-state index in [-0.39, 0.29) is 24.4 Å². The van der Waals surface area contributed by atoms with Crippen LogP contribution in [0, 0.1) is 0 Å². The summed E-state index contributed by atoms with van der Waals surface area (Å²) in [6.07, 6.45) is 3.66. The number of esters is 1. The molecule has 0 bridgehead atoms. The summed E-state index contributed by atoms with van der Waals surface area (Å²) in [6.45, 7) is 0.389. The van der Waals surface area contributed by atoms with E-state index in [0.717, 1.165) is 11.1 Å². The highest BCUT2D eigenvalue weighted by atomic mass is 16.5. The zero-order valence-electron chi connectivity index (χ0n) is 16.3. The molecule has 0 N–H and O–H groups in total. The summed E-state index contributed by atoms with van der Waals surface area (Å²) in [5.74, 6) is -0.564. The first-order valence-electron chi connectivity index (χ1n) is 9.65. The standard InChI is InChI=1S/C25H20N2O3/c28-24-22-16-8-7-15-21(22)23(26-27(24)18-20-12-5-2-6-13-20)25(29)30-17-9-14-19-10-3-1-4-11-19/h1-16H,17-18H2/b14-9+. The summed E-state index contributed by atoms with van der Waals surface area (Å²) in [5.41, 5.74) is 1.84. The third-order valence-electron chi connectivity index (χ3n) is 4.66. The first-order valence-corrected chi connectivity index (χ1v) is 9.65. The van der Waals surface area contributed by atoms with Crippen LogP contribution in [-0.2, 0) is 11.3 Å². The summed E-state index contributed by atoms with van der Waals surface area (Å²) in [5, 5.41) is 5.27. The number of benzene rings is 3. The van der Waals surface area contributed by atoms with Gasteiger partial charge in [-0.1, -0.05) is 84.9 Å². The minimum absolute atomic E-state index is 0.113. The quantitative estimate of drug-likeness (QED) is 0.456. The number of carbonyl (C=O) groups excluding carboxylic acids is 1. The van der Waals surface area contributed by atoms with Crippen molar-refractivity contribution in [1.82, 2.24) is 9.78 Å². The summed E-state index contributed by atoms with van der Waals surface area (Å²) < 4.78 is 6.71. The number of fused-ring (bicyclic) bond motifs is 1. The Hall–Kier alpha value is -3.99. The van der Waals surface area contributed by atoms with E-state index >= 15 is 0 Å². The Kier molecular flexibility index (Phi) is 5.80. The fourth-order valence-electron chi connectivity index (χ4n) is 3.19. The molecule has 4 rings (SSSR count). The first kappa shape index (κ1) is 19.3. The number of nitrogens with zero attached hydrogens (tertiary/aromatic N) is 2. The minimum atomic E-state index is -0.564. The van der Waals surface area contributed by atoms with Gasteiger partial charge in [-0.05, 0) is 23.3 Å². The largest absolute Gasteiger partial charge is 0.457 e. The zero-order chi connectivity index (χ0) is 20.8. The maximum Gasteiger partial charge on any atom is 0.359 e. The lowest BCUT2D eigenvalue weighted by atomic mass is 10.1. The zero-order valence-corrected chi connectivity index (χ0v) is 16.3. The number of hydrogen-bond acceptors (Lipinski definition) is 4. The fraction of sp³-hybridized carbons (Fsp3) is 0.0800. The highest BCUT2D eigenvalue weighted by Gasteiger charge is 2.17. The lowest BCUT2D eigenvalue weighted by Gasteiger charge is -2.10. The molecule has 0 unspecified atom stereocenters. The minimum Gasteiger partial charge on any atom is -0.457 e. The number of aromatic nitrogens is 2. The van der Waals surface area contributed by atoms with Crippen LogP contribution in [0.3, 0.4) is 0 Å². The molecule has 148 valence electrons. The molecule has 0 saturated heterocycles. The molecule has 0 aliphatic heterocycles. The predicted molar refractivity (Wildman–Crippen MR) is 117 cm³/mol. The Morgan fingerprint density at radius 1 is 0.867 bits per heavy atom. The van der Waals surface area contributed by atoms with Crippen LogP contribution < -0.4 is 5.56 Å². The van der Waals surface area contributed by atoms with Crippen molar-refractivity contribution in [1.29, 1.82) is 0 Å². The van der Waals surface area contributed by atoms with Crippen molar-refractivity contribution in [3.63, 3.8) is 0 Å². The van der Waals surface area contributed by atoms with Crippen LogP contribution in [-0.4, -0.2) is 22.4 Å². The molecule has 0 amide bonds. The van der Waals surface area contributed by atoms with Gasteiger partial charge in [0.15, 0.2) is 5.69 Å². The van der Waals surface area contributed by atoms with Gasteiger partial charge in [0.1, 0.15) is 6.61 Å². The molecule has 5 heteroatoms. The van der Waals surface area contributed by atoms with Gasteiger partial charge in [-0.25, -0.2) is 9.48 Å². The smallest absolute Gasteiger partial charge is 0.359 e. The molecule has 1 aromatic heterocycles. The average molecular weight is 396 g/mol. The maximum atomic E-state index is 12.9. The monoisotopic (exact) mass is 396 g/mol. The SMILES string of the molecule is O=C(OC/C=C/c1ccccc1)c1nn(Cc2ccccc2)c(=O)c2ccccc12. The van der Waals surface area contributed by atoms with E-state index in [1.54, 1.807) is 30.3 Å². The second kappa shape index (κ2) is 9.01. The van der Waals surface area contributed by atoms with E-state index in [4.69, 9.17) is 4.74 Å². The van der Waals surface area contributed by atoms with Gasteiger partial charge < -0.3 is 4.74 Å². The fourth-order valence-corrected chi connectivity index (χ4v) is 3.19. The normalized spacial score (nSPS) is 11.1. The number of hydrogen-bond donors (Lipinski definition) is 0. The maximum absolute atomic E-state index is 12.9. The van der Waals surface area contributed by atoms with Crippen molar-refractivity contribution < 1.29 is 9.53 Å². The number of rotatable bonds is 6. The highest BCUT2D eigenvalue weighted by molar-refractivity contribution is 6.02. The van der Waals surface area contributed by atoms with E-state index in [0.29, 0.717) is 10.8 Å². The van der Waals surface area contributed by atoms with Gasteiger partial charge in [0.05, 0.1) is 11.9 Å². The van der Waals surface area contributed by atoms with Crippen LogP contribution in [0.25, 0.3) is 16.8 Å². The second-order valence-electron chi connectivity index (χ2n) is 6.75. The average Bonchev–Trinajstić information content (AvgIpc) is 2.80. The Bertz CT molecular complexity index is 1250. The van der Waals surface area contributed by atoms with Gasteiger partial charge >= 0.3 is 5.97 Å². The van der Waals surface area contributed by atoms with Crippen molar-refractivity contribution in [2.45, 2.75) is 6.54 Å². The van der Waals surface area contributed by atoms with Gasteiger partial charge in [-0.15, -0.1) is 0 Å². The number of carbonyl (C=O) groups is 1. The third kappa shape index (κ3) is 4.36. The lowest BCUT2D eigenvalue weighted by molar-refractivity contribution is 0.0543. The molecule has 5 nitrogen and oxygen atoms in total. The van der Waals surface area contributed by atoms with Gasteiger partial charge in [0.25, 0.3) is 5.56 Å². The van der Waals surface area contributed by atoms with E-state index in [2.05, 4.69) is 5.10 Å². The molecule has 0 spiro atoms. The molecule has 0 atom stereocenters. The molecule has 1 heterocycles. The predicted octanol–water partition coefficient (Wildman–Crippen LogP) is 4.32. The number of ether oxygens (including phenoxy) is 1. The van der Waals surface area contributed by atoms with Crippen LogP contribution in [0.15, 0.2) is 95.8 Å². The van der Waals surface area contributed by atoms with Crippen molar-refractivity contribution in [2.24, 2.45) is 0 Å². The van der Waals surface area contributed by atoms with Crippen LogP contribution in [0.2, 0.25) is 0 Å². The van der Waals surface area contributed by atoms with Crippen molar-refractivity contribution in [2.75, 3.05) is 6.61 Å². The van der Waals surface area contributed by atoms with E-state index in [1.807, 2.05) is 66.7 Å². The topological polar surface area (TPSA) is 61.2 Å². The molecule has 0 aliphatic rings.